The minimum atomic E-state index is -4.63. The zero-order valence-electron chi connectivity index (χ0n) is 43.9. The number of carbonyl (C=O) groups excluding carboxylic acids is 2. The smallest absolute Gasteiger partial charge is 0.382 e. The van der Waals surface area contributed by atoms with Crippen LogP contribution in [0.4, 0.5) is 13.2 Å². The van der Waals surface area contributed by atoms with Crippen molar-refractivity contribution in [2.24, 2.45) is 0 Å². The number of rotatable bonds is 26. The molecule has 2 heterocycles. The van der Waals surface area contributed by atoms with Crippen molar-refractivity contribution in [2.75, 3.05) is 113 Å². The number of halogens is 5. The second-order valence-corrected chi connectivity index (χ2v) is 19.1. The van der Waals surface area contributed by atoms with Crippen LogP contribution in [0.15, 0.2) is 97.1 Å². The van der Waals surface area contributed by atoms with Crippen LogP contribution in [0.1, 0.15) is 72.2 Å². The van der Waals surface area contributed by atoms with Crippen molar-refractivity contribution >= 4 is 35.0 Å². The predicted octanol–water partition coefficient (Wildman–Crippen LogP) is 9.35. The Morgan fingerprint density at radius 1 is 0.644 bits per heavy atom. The van der Waals surface area contributed by atoms with Gasteiger partial charge in [-0.1, -0.05) is 122 Å². The van der Waals surface area contributed by atoms with Gasteiger partial charge in [-0.3, -0.25) is 24.1 Å². The summed E-state index contributed by atoms with van der Waals surface area (Å²) < 4.78 is 55.3. The summed E-state index contributed by atoms with van der Waals surface area (Å²) in [7, 11) is 5.46. The first-order valence-electron chi connectivity index (χ1n) is 25.5. The molecule has 2 N–H and O–H groups in total. The van der Waals surface area contributed by atoms with Crippen LogP contribution < -0.4 is 10.6 Å². The van der Waals surface area contributed by atoms with Crippen LogP contribution in [0.25, 0.3) is 0 Å². The van der Waals surface area contributed by atoms with Gasteiger partial charge in [0.15, 0.2) is 0 Å². The molecule has 4 unspecified atom stereocenters. The number of benzene rings is 4. The first kappa shape index (κ1) is 61.4. The van der Waals surface area contributed by atoms with Crippen LogP contribution in [-0.4, -0.2) is 163 Å². The van der Waals surface area contributed by atoms with Gasteiger partial charge in [0.05, 0.1) is 74.6 Å². The number of amides is 2. The summed E-state index contributed by atoms with van der Waals surface area (Å²) in [6.07, 6.45) is -1.95. The lowest BCUT2D eigenvalue weighted by Crippen LogP contribution is -2.41. The van der Waals surface area contributed by atoms with Crippen molar-refractivity contribution in [3.63, 3.8) is 0 Å². The van der Waals surface area contributed by atoms with Crippen LogP contribution >= 0.6 is 23.2 Å². The molecule has 0 aromatic heterocycles. The van der Waals surface area contributed by atoms with Crippen molar-refractivity contribution in [3.8, 4) is 0 Å². The Morgan fingerprint density at radius 2 is 1.11 bits per heavy atom. The molecule has 0 saturated carbocycles. The Balaban J connectivity index is 0.000000307. The molecule has 0 aliphatic carbocycles. The summed E-state index contributed by atoms with van der Waals surface area (Å²) in [4.78, 5) is 35.0. The Bertz CT molecular complexity index is 2200. The molecule has 2 fully saturated rings. The van der Waals surface area contributed by atoms with Crippen molar-refractivity contribution < 1.29 is 41.7 Å². The van der Waals surface area contributed by atoms with E-state index in [2.05, 4.69) is 81.5 Å². The summed E-state index contributed by atoms with van der Waals surface area (Å²) in [6.45, 7) is 16.4. The number of aryl methyl sites for hydroxylation is 2. The summed E-state index contributed by atoms with van der Waals surface area (Å²) in [5.41, 5.74) is 6.60. The second kappa shape index (κ2) is 33.0. The molecule has 4 aromatic rings. The van der Waals surface area contributed by atoms with E-state index in [0.29, 0.717) is 62.0 Å². The molecule has 2 aliphatic rings. The first-order valence-corrected chi connectivity index (χ1v) is 26.2. The summed E-state index contributed by atoms with van der Waals surface area (Å²) in [5.74, 6) is 0.131. The van der Waals surface area contributed by atoms with E-state index < -0.39 is 13.0 Å². The summed E-state index contributed by atoms with van der Waals surface area (Å²) >= 11 is 12.1. The van der Waals surface area contributed by atoms with Gasteiger partial charge in [0.1, 0.15) is 0 Å². The number of hydrogen-bond acceptors (Lipinski definition) is 10. The number of likely N-dealkylation sites (tertiary alicyclic amines) is 2. The topological polar surface area (TPSA) is 108 Å². The highest BCUT2D eigenvalue weighted by atomic mass is 35.5. The Labute approximate surface area is 442 Å². The maximum absolute atomic E-state index is 13.3. The van der Waals surface area contributed by atoms with Crippen LogP contribution in [-0.2, 0) is 41.4 Å². The van der Waals surface area contributed by atoms with E-state index in [0.717, 1.165) is 68.8 Å². The van der Waals surface area contributed by atoms with Gasteiger partial charge < -0.3 is 34.6 Å². The maximum atomic E-state index is 13.3. The Kier molecular flexibility index (Phi) is 27.8. The molecule has 2 amide bonds. The van der Waals surface area contributed by atoms with Crippen molar-refractivity contribution in [2.45, 2.75) is 83.9 Å². The lowest BCUT2D eigenvalue weighted by atomic mass is 10.0. The summed E-state index contributed by atoms with van der Waals surface area (Å²) in [6, 6.07) is 32.5. The molecule has 4 aromatic carbocycles. The first-order chi connectivity index (χ1) is 35.1. The molecule has 2 saturated heterocycles. The Hall–Kier alpha value is -4.13. The van der Waals surface area contributed by atoms with E-state index in [9.17, 15) is 22.8 Å². The fourth-order valence-corrected chi connectivity index (χ4v) is 9.14. The lowest BCUT2D eigenvalue weighted by Gasteiger charge is -2.32. The zero-order chi connectivity index (χ0) is 53.2. The van der Waals surface area contributed by atoms with Crippen molar-refractivity contribution in [1.82, 2.24) is 30.2 Å². The number of hydrogen-bond donors (Lipinski definition) is 2. The maximum Gasteiger partial charge on any atom is 0.522 e. The second-order valence-electron chi connectivity index (χ2n) is 18.3. The van der Waals surface area contributed by atoms with Gasteiger partial charge in [0.2, 0.25) is 11.8 Å². The molecule has 6 rings (SSSR count). The van der Waals surface area contributed by atoms with Gasteiger partial charge in [-0.15, -0.1) is 13.2 Å². The molecular formula is C56H79Cl2F3N6O6. The van der Waals surface area contributed by atoms with Crippen LogP contribution in [0.5, 0.6) is 0 Å². The van der Waals surface area contributed by atoms with E-state index in [4.69, 9.17) is 37.4 Å². The molecule has 2 aliphatic heterocycles. The predicted molar refractivity (Wildman–Crippen MR) is 286 cm³/mol. The van der Waals surface area contributed by atoms with Crippen LogP contribution in [0.2, 0.25) is 10.0 Å². The number of carbonyl (C=O) groups is 2. The van der Waals surface area contributed by atoms with Crippen LogP contribution in [0.3, 0.4) is 0 Å². The molecule has 17 heteroatoms. The fourth-order valence-electron chi connectivity index (χ4n) is 8.82. The molecule has 0 bridgehead atoms. The third-order valence-electron chi connectivity index (χ3n) is 13.0. The number of nitrogens with one attached hydrogen (secondary N) is 2. The number of alkyl halides is 3. The van der Waals surface area contributed by atoms with E-state index in [1.165, 1.54) is 16.7 Å². The van der Waals surface area contributed by atoms with E-state index in [1.54, 1.807) is 30.2 Å². The largest absolute Gasteiger partial charge is 0.522 e. The highest BCUT2D eigenvalue weighted by Crippen LogP contribution is 2.28. The number of nitrogens with zero attached hydrogens (tertiary/aromatic N) is 4. The average Bonchev–Trinajstić information content (AvgIpc) is 4.05. The van der Waals surface area contributed by atoms with Crippen molar-refractivity contribution in [1.29, 1.82) is 0 Å². The third-order valence-corrected chi connectivity index (χ3v) is 13.8. The molecular weight excluding hydrogens is 981 g/mol. The van der Waals surface area contributed by atoms with Gasteiger partial charge in [-0.05, 0) is 85.3 Å². The highest BCUT2D eigenvalue weighted by molar-refractivity contribution is 6.42. The summed E-state index contributed by atoms with van der Waals surface area (Å²) in [5, 5.41) is 7.87. The molecule has 0 spiro atoms. The minimum Gasteiger partial charge on any atom is -0.382 e. The van der Waals surface area contributed by atoms with E-state index in [-0.39, 0.29) is 43.0 Å². The van der Waals surface area contributed by atoms with Gasteiger partial charge in [-0.2, -0.15) is 0 Å². The lowest BCUT2D eigenvalue weighted by molar-refractivity contribution is -0.327. The zero-order valence-corrected chi connectivity index (χ0v) is 45.4. The Morgan fingerprint density at radius 3 is 1.56 bits per heavy atom. The van der Waals surface area contributed by atoms with Crippen LogP contribution in [0, 0.1) is 13.8 Å². The third kappa shape index (κ3) is 22.3. The minimum absolute atomic E-state index is 0.0206. The molecule has 12 nitrogen and oxygen atoms in total. The standard InChI is InChI=1S/C28H41N3O3.C26H32Cl2F3N3O3.C2H6/c1-22-10-11-24(18-23(22)2)19-28(32)30(3)27(25-8-6-5-7-9-25)21-31-14-12-26(20-31)29-13-15-34-17-16-33-4;1-33(25(35)16-19-7-8-22(27)23(28)15-19)24(20-5-3-2-4-6-20)18-34-11-9-21(17-34)32-10-12-36-13-14-37-26(29,30)31;1-2/h5-11,18,26-27,29H,12-17,19-21H2,1-4H3;2-8,15,21,24,32H,9-14,16-18H2,1H3;1-2H3. The normalized spacial score (nSPS) is 16.8. The number of likely N-dealkylation sites (N-methyl/N-ethyl adjacent to an activating group) is 2. The van der Waals surface area contributed by atoms with Crippen molar-refractivity contribution in [3.05, 3.63) is 140 Å². The van der Waals surface area contributed by atoms with Gasteiger partial charge in [-0.25, -0.2) is 0 Å². The molecule has 404 valence electrons. The number of ether oxygens (including phenoxy) is 4. The number of methoxy groups -OCH3 is 1. The highest BCUT2D eigenvalue weighted by Gasteiger charge is 2.31. The SMILES string of the molecule is CC.CN(C(=O)Cc1ccc(Cl)c(Cl)c1)C(CN1CCC(NCCOCCOC(F)(F)F)C1)c1ccccc1.COCCOCCNC1CCN(CC(c2ccccc2)N(C)C(=O)Cc2ccc(C)c(C)c2)C1. The quantitative estimate of drug-likeness (QED) is 0.0592. The van der Waals surface area contributed by atoms with Gasteiger partial charge in [0.25, 0.3) is 0 Å². The average molecular weight is 1060 g/mol. The molecule has 4 atom stereocenters. The monoisotopic (exact) mass is 1060 g/mol. The molecule has 73 heavy (non-hydrogen) atoms. The van der Waals surface area contributed by atoms with Gasteiger partial charge in [0, 0.05) is 72.6 Å². The molecule has 0 radical (unpaired) electrons. The van der Waals surface area contributed by atoms with Gasteiger partial charge >= 0.3 is 6.36 Å². The van der Waals surface area contributed by atoms with E-state index >= 15 is 0 Å². The fraction of sp³-hybridized carbons (Fsp3) is 0.536. The van der Waals surface area contributed by atoms with E-state index in [1.807, 2.05) is 69.2 Å².